The molecule has 3 aromatic rings. The zero-order chi connectivity index (χ0) is 26.5. The highest BCUT2D eigenvalue weighted by molar-refractivity contribution is 5.96. The fourth-order valence-electron chi connectivity index (χ4n) is 5.96. The molecule has 3 heterocycles. The average molecular weight is 513 g/mol. The van der Waals surface area contributed by atoms with Crippen molar-refractivity contribution in [2.45, 2.75) is 70.1 Å². The zero-order valence-corrected chi connectivity index (χ0v) is 22.2. The van der Waals surface area contributed by atoms with Gasteiger partial charge in [0.2, 0.25) is 0 Å². The van der Waals surface area contributed by atoms with Crippen molar-refractivity contribution in [3.63, 3.8) is 0 Å². The molecular formula is C31H36N4O3. The maximum atomic E-state index is 13.3. The second-order valence-electron chi connectivity index (χ2n) is 10.2. The maximum Gasteiger partial charge on any atom is 0.253 e. The third kappa shape index (κ3) is 5.52. The quantitative estimate of drug-likeness (QED) is 0.426. The standard InChI is InChI=1S/C31H36N4O3/c1-3-8-26-27(11-7-12-28(26)38-2)31(37)34-23-17-24-14-15-25(18-23)35(24)29-16-13-22(20-32-29)30(36)33-19-21-9-5-4-6-10-21/h4-7,9-13,16,20,23-25H,3,8,14-15,17-19H2,1-2H3,(H,33,36)(H,34,37)/t23-,24+,25-. The van der Waals surface area contributed by atoms with Gasteiger partial charge in [-0.3, -0.25) is 9.59 Å². The van der Waals surface area contributed by atoms with Gasteiger partial charge in [0.15, 0.2) is 0 Å². The molecule has 2 aliphatic heterocycles. The third-order valence-corrected chi connectivity index (χ3v) is 7.74. The van der Waals surface area contributed by atoms with E-state index in [4.69, 9.17) is 4.74 Å². The molecule has 0 unspecified atom stereocenters. The molecule has 2 amide bonds. The number of amides is 2. The minimum Gasteiger partial charge on any atom is -0.496 e. The molecule has 2 fully saturated rings. The Kier molecular flexibility index (Phi) is 7.91. The van der Waals surface area contributed by atoms with Crippen molar-refractivity contribution < 1.29 is 14.3 Å². The molecule has 3 atom stereocenters. The van der Waals surface area contributed by atoms with Gasteiger partial charge in [-0.25, -0.2) is 4.98 Å². The fourth-order valence-corrected chi connectivity index (χ4v) is 5.96. The summed E-state index contributed by atoms with van der Waals surface area (Å²) >= 11 is 0. The van der Waals surface area contributed by atoms with E-state index in [1.165, 1.54) is 0 Å². The van der Waals surface area contributed by atoms with Crippen LogP contribution in [0.1, 0.15) is 70.9 Å². The van der Waals surface area contributed by atoms with Gasteiger partial charge in [0.25, 0.3) is 11.8 Å². The third-order valence-electron chi connectivity index (χ3n) is 7.74. The number of benzene rings is 2. The van der Waals surface area contributed by atoms with Crippen LogP contribution in [0.3, 0.4) is 0 Å². The van der Waals surface area contributed by atoms with Crippen molar-refractivity contribution in [3.05, 3.63) is 89.1 Å². The molecule has 2 saturated heterocycles. The normalized spacial score (nSPS) is 20.2. The van der Waals surface area contributed by atoms with Crippen molar-refractivity contribution in [2.24, 2.45) is 0 Å². The second kappa shape index (κ2) is 11.7. The SMILES string of the molecule is CCCc1c(OC)cccc1C(=O)N[C@H]1C[C@H]2CC[C@@H](C1)N2c1ccc(C(=O)NCc2ccccc2)cn1. The van der Waals surface area contributed by atoms with E-state index in [-0.39, 0.29) is 17.9 Å². The van der Waals surface area contributed by atoms with Crippen LogP contribution in [0, 0.1) is 0 Å². The summed E-state index contributed by atoms with van der Waals surface area (Å²) in [5.74, 6) is 1.53. The van der Waals surface area contributed by atoms with E-state index >= 15 is 0 Å². The molecule has 0 radical (unpaired) electrons. The summed E-state index contributed by atoms with van der Waals surface area (Å²) in [5.41, 5.74) is 3.31. The Labute approximate surface area is 224 Å². The Morgan fingerprint density at radius 3 is 2.39 bits per heavy atom. The fraction of sp³-hybridized carbons (Fsp3) is 0.387. The van der Waals surface area contributed by atoms with Crippen LogP contribution in [0.25, 0.3) is 0 Å². The number of anilines is 1. The predicted molar refractivity (Wildman–Crippen MR) is 149 cm³/mol. The number of hydrogen-bond donors (Lipinski definition) is 2. The number of hydrogen-bond acceptors (Lipinski definition) is 5. The van der Waals surface area contributed by atoms with Crippen LogP contribution in [0.4, 0.5) is 5.82 Å². The minimum absolute atomic E-state index is 0.0193. The lowest BCUT2D eigenvalue weighted by molar-refractivity contribution is 0.0923. The Morgan fingerprint density at radius 1 is 0.974 bits per heavy atom. The van der Waals surface area contributed by atoms with Crippen LogP contribution in [-0.2, 0) is 13.0 Å². The number of aromatic nitrogens is 1. The van der Waals surface area contributed by atoms with E-state index in [0.29, 0.717) is 29.8 Å². The summed E-state index contributed by atoms with van der Waals surface area (Å²) in [6.45, 7) is 2.60. The Hall–Kier alpha value is -3.87. The molecule has 5 rings (SSSR count). The molecule has 1 aromatic heterocycles. The molecule has 7 heteroatoms. The first-order valence-electron chi connectivity index (χ1n) is 13.6. The monoisotopic (exact) mass is 512 g/mol. The molecule has 2 aromatic carbocycles. The molecule has 0 aliphatic carbocycles. The van der Waals surface area contributed by atoms with Gasteiger partial charge in [-0.15, -0.1) is 0 Å². The maximum absolute atomic E-state index is 13.3. The first-order chi connectivity index (χ1) is 18.6. The van der Waals surface area contributed by atoms with Gasteiger partial charge in [0.1, 0.15) is 11.6 Å². The number of pyridine rings is 1. The number of nitrogens with one attached hydrogen (secondary N) is 2. The Balaban J connectivity index is 1.21. The van der Waals surface area contributed by atoms with Crippen molar-refractivity contribution in [1.29, 1.82) is 0 Å². The zero-order valence-electron chi connectivity index (χ0n) is 22.2. The number of fused-ring (bicyclic) bond motifs is 2. The van der Waals surface area contributed by atoms with Crippen LogP contribution in [0.5, 0.6) is 5.75 Å². The van der Waals surface area contributed by atoms with Crippen molar-refractivity contribution in [1.82, 2.24) is 15.6 Å². The van der Waals surface area contributed by atoms with Crippen LogP contribution in [0.2, 0.25) is 0 Å². The Bertz CT molecular complexity index is 1250. The van der Waals surface area contributed by atoms with Gasteiger partial charge in [0.05, 0.1) is 12.7 Å². The van der Waals surface area contributed by atoms with Crippen molar-refractivity contribution in [2.75, 3.05) is 12.0 Å². The molecule has 0 spiro atoms. The molecule has 2 aliphatic rings. The van der Waals surface area contributed by atoms with Gasteiger partial charge in [0, 0.05) is 42.0 Å². The molecular weight excluding hydrogens is 476 g/mol. The number of carbonyl (C=O) groups is 2. The lowest BCUT2D eigenvalue weighted by Gasteiger charge is -2.40. The number of methoxy groups -OCH3 is 1. The van der Waals surface area contributed by atoms with E-state index in [2.05, 4.69) is 27.4 Å². The lowest BCUT2D eigenvalue weighted by atomic mass is 9.95. The van der Waals surface area contributed by atoms with E-state index in [9.17, 15) is 9.59 Å². The molecule has 198 valence electrons. The smallest absolute Gasteiger partial charge is 0.253 e. The number of nitrogens with zero attached hydrogens (tertiary/aromatic N) is 2. The summed E-state index contributed by atoms with van der Waals surface area (Å²) in [7, 11) is 1.65. The van der Waals surface area contributed by atoms with E-state index in [1.807, 2.05) is 60.7 Å². The molecule has 2 N–H and O–H groups in total. The van der Waals surface area contributed by atoms with Gasteiger partial charge in [-0.2, -0.15) is 0 Å². The highest BCUT2D eigenvalue weighted by Gasteiger charge is 2.42. The first kappa shape index (κ1) is 25.8. The summed E-state index contributed by atoms with van der Waals surface area (Å²) in [5, 5.41) is 6.28. The van der Waals surface area contributed by atoms with Gasteiger partial charge in [-0.05, 0) is 61.9 Å². The summed E-state index contributed by atoms with van der Waals surface area (Å²) < 4.78 is 5.52. The van der Waals surface area contributed by atoms with Crippen LogP contribution in [-0.4, -0.2) is 42.0 Å². The highest BCUT2D eigenvalue weighted by Crippen LogP contribution is 2.38. The summed E-state index contributed by atoms with van der Waals surface area (Å²) in [4.78, 5) is 32.9. The molecule has 7 nitrogen and oxygen atoms in total. The topological polar surface area (TPSA) is 83.6 Å². The molecule has 2 bridgehead atoms. The lowest BCUT2D eigenvalue weighted by Crippen LogP contribution is -2.51. The van der Waals surface area contributed by atoms with Gasteiger partial charge in [-0.1, -0.05) is 49.7 Å². The highest BCUT2D eigenvalue weighted by atomic mass is 16.5. The van der Waals surface area contributed by atoms with E-state index in [0.717, 1.165) is 61.2 Å². The number of piperidine rings is 1. The number of rotatable bonds is 9. The van der Waals surface area contributed by atoms with E-state index in [1.54, 1.807) is 13.3 Å². The van der Waals surface area contributed by atoms with Crippen molar-refractivity contribution >= 4 is 17.6 Å². The van der Waals surface area contributed by atoms with Gasteiger partial charge >= 0.3 is 0 Å². The minimum atomic E-state index is -0.128. The summed E-state index contributed by atoms with van der Waals surface area (Å²) in [6.07, 6.45) is 7.36. The van der Waals surface area contributed by atoms with Crippen molar-refractivity contribution in [3.8, 4) is 5.75 Å². The van der Waals surface area contributed by atoms with E-state index < -0.39 is 0 Å². The Morgan fingerprint density at radius 2 is 1.74 bits per heavy atom. The summed E-state index contributed by atoms with van der Waals surface area (Å²) in [6, 6.07) is 20.1. The molecule has 0 saturated carbocycles. The average Bonchev–Trinajstić information content (AvgIpc) is 3.22. The second-order valence-corrected chi connectivity index (χ2v) is 10.2. The van der Waals surface area contributed by atoms with Crippen LogP contribution in [0.15, 0.2) is 66.9 Å². The first-order valence-corrected chi connectivity index (χ1v) is 13.6. The van der Waals surface area contributed by atoms with Crippen LogP contribution >= 0.6 is 0 Å². The molecule has 38 heavy (non-hydrogen) atoms. The number of ether oxygens (including phenoxy) is 1. The van der Waals surface area contributed by atoms with Gasteiger partial charge < -0.3 is 20.3 Å². The largest absolute Gasteiger partial charge is 0.496 e. The number of carbonyl (C=O) groups excluding carboxylic acids is 2. The van der Waals surface area contributed by atoms with Crippen LogP contribution < -0.4 is 20.3 Å². The predicted octanol–water partition coefficient (Wildman–Crippen LogP) is 4.90.